The van der Waals surface area contributed by atoms with Gasteiger partial charge in [-0.15, -0.1) is 11.3 Å². The Labute approximate surface area is 149 Å². The van der Waals surface area contributed by atoms with Crippen molar-refractivity contribution in [1.82, 2.24) is 10.2 Å². The first kappa shape index (κ1) is 17.0. The fourth-order valence-corrected chi connectivity index (χ4v) is 3.07. The highest BCUT2D eigenvalue weighted by Crippen LogP contribution is 2.15. The smallest absolute Gasteiger partial charge is 0.286 e. The van der Waals surface area contributed by atoms with Gasteiger partial charge in [-0.25, -0.2) is 0 Å². The van der Waals surface area contributed by atoms with E-state index in [0.29, 0.717) is 13.1 Å². The molecule has 3 heterocycles. The van der Waals surface area contributed by atoms with Gasteiger partial charge in [0, 0.05) is 17.8 Å². The van der Waals surface area contributed by atoms with Gasteiger partial charge in [0.25, 0.3) is 5.91 Å². The molecule has 3 aromatic heterocycles. The highest BCUT2D eigenvalue weighted by atomic mass is 32.1. The zero-order valence-electron chi connectivity index (χ0n) is 13.5. The summed E-state index contributed by atoms with van der Waals surface area (Å²) in [5.41, 5.74) is 0. The molecule has 25 heavy (non-hydrogen) atoms. The van der Waals surface area contributed by atoms with Crippen LogP contribution in [0.1, 0.15) is 27.6 Å². The van der Waals surface area contributed by atoms with Crippen LogP contribution in [0.5, 0.6) is 0 Å². The van der Waals surface area contributed by atoms with Crippen LogP contribution in [0.25, 0.3) is 0 Å². The monoisotopic (exact) mass is 358 g/mol. The maximum Gasteiger partial charge on any atom is 0.286 e. The molecule has 7 heteroatoms. The van der Waals surface area contributed by atoms with Crippen LogP contribution in [0, 0.1) is 0 Å². The van der Waals surface area contributed by atoms with Crippen LogP contribution >= 0.6 is 11.3 Å². The van der Waals surface area contributed by atoms with E-state index in [4.69, 9.17) is 8.83 Å². The minimum atomic E-state index is -0.325. The van der Waals surface area contributed by atoms with E-state index in [-0.39, 0.29) is 30.5 Å². The van der Waals surface area contributed by atoms with Crippen molar-refractivity contribution in [3.63, 3.8) is 0 Å². The molecule has 6 nitrogen and oxygen atoms in total. The van der Waals surface area contributed by atoms with E-state index in [1.165, 1.54) is 6.26 Å². The molecule has 1 N–H and O–H groups in total. The molecule has 0 aliphatic heterocycles. The minimum Gasteiger partial charge on any atom is -0.467 e. The lowest BCUT2D eigenvalue weighted by Gasteiger charge is -2.21. The maximum atomic E-state index is 12.6. The third kappa shape index (κ3) is 4.84. The fraction of sp³-hybridized carbons (Fsp3) is 0.222. The number of carbonyl (C=O) groups excluding carboxylic acids is 2. The van der Waals surface area contributed by atoms with E-state index in [1.807, 2.05) is 23.6 Å². The Bertz CT molecular complexity index is 743. The molecule has 3 aromatic rings. The van der Waals surface area contributed by atoms with Crippen molar-refractivity contribution in [2.75, 3.05) is 6.54 Å². The molecule has 0 aromatic carbocycles. The topological polar surface area (TPSA) is 75.7 Å². The fourth-order valence-electron chi connectivity index (χ4n) is 2.35. The first-order chi connectivity index (χ1) is 12.2. The van der Waals surface area contributed by atoms with Gasteiger partial charge in [0.05, 0.1) is 25.6 Å². The van der Waals surface area contributed by atoms with Crippen molar-refractivity contribution in [3.8, 4) is 0 Å². The highest BCUT2D eigenvalue weighted by molar-refractivity contribution is 7.09. The first-order valence-corrected chi connectivity index (χ1v) is 8.74. The van der Waals surface area contributed by atoms with Crippen LogP contribution in [0.4, 0.5) is 0 Å². The Morgan fingerprint density at radius 1 is 1.04 bits per heavy atom. The molecular formula is C18H18N2O4S. The lowest BCUT2D eigenvalue weighted by molar-refractivity contribution is -0.132. The van der Waals surface area contributed by atoms with E-state index in [2.05, 4.69) is 5.32 Å². The van der Waals surface area contributed by atoms with Crippen LogP contribution in [0.15, 0.2) is 63.1 Å². The van der Waals surface area contributed by atoms with Gasteiger partial charge < -0.3 is 19.1 Å². The number of nitrogens with one attached hydrogen (secondary N) is 1. The van der Waals surface area contributed by atoms with Crippen molar-refractivity contribution in [3.05, 3.63) is 70.7 Å². The highest BCUT2D eigenvalue weighted by Gasteiger charge is 2.17. The van der Waals surface area contributed by atoms with Crippen LogP contribution in [-0.2, 0) is 17.9 Å². The van der Waals surface area contributed by atoms with Crippen molar-refractivity contribution < 1.29 is 18.4 Å². The van der Waals surface area contributed by atoms with Crippen molar-refractivity contribution in [1.29, 1.82) is 0 Å². The SMILES string of the molecule is O=C(NCCC(=O)N(Cc1ccco1)Cc1cccs1)c1ccco1. The quantitative estimate of drug-likeness (QED) is 0.670. The van der Waals surface area contributed by atoms with Crippen LogP contribution in [0.2, 0.25) is 0 Å². The molecule has 0 unspecified atom stereocenters. The Balaban J connectivity index is 1.55. The van der Waals surface area contributed by atoms with Crippen molar-refractivity contribution in [2.45, 2.75) is 19.5 Å². The number of amides is 2. The Kier molecular flexibility index (Phi) is 5.69. The molecule has 0 radical (unpaired) electrons. The zero-order chi connectivity index (χ0) is 17.5. The van der Waals surface area contributed by atoms with Crippen LogP contribution in [0.3, 0.4) is 0 Å². The summed E-state index contributed by atoms with van der Waals surface area (Å²) in [6, 6.07) is 10.8. The molecule has 0 atom stereocenters. The average molecular weight is 358 g/mol. The second-order valence-corrected chi connectivity index (χ2v) is 6.42. The minimum absolute atomic E-state index is 0.0513. The summed E-state index contributed by atoms with van der Waals surface area (Å²) in [6.07, 6.45) is 3.23. The molecule has 0 aliphatic carbocycles. The van der Waals surface area contributed by atoms with Gasteiger partial charge >= 0.3 is 0 Å². The summed E-state index contributed by atoms with van der Waals surface area (Å²) in [5, 5.41) is 4.67. The summed E-state index contributed by atoms with van der Waals surface area (Å²) >= 11 is 1.60. The lowest BCUT2D eigenvalue weighted by Crippen LogP contribution is -2.33. The average Bonchev–Trinajstić information content (AvgIpc) is 3.37. The predicted molar refractivity (Wildman–Crippen MR) is 92.9 cm³/mol. The van der Waals surface area contributed by atoms with Gasteiger partial charge in [0.2, 0.25) is 5.91 Å². The molecule has 0 aliphatic rings. The molecule has 0 bridgehead atoms. The molecule has 0 spiro atoms. The van der Waals surface area contributed by atoms with Gasteiger partial charge in [-0.3, -0.25) is 9.59 Å². The van der Waals surface area contributed by atoms with E-state index in [0.717, 1.165) is 10.6 Å². The third-order valence-corrected chi connectivity index (χ3v) is 4.44. The summed E-state index contributed by atoms with van der Waals surface area (Å²) in [4.78, 5) is 27.2. The Morgan fingerprint density at radius 2 is 1.88 bits per heavy atom. The number of hydrogen-bond acceptors (Lipinski definition) is 5. The molecule has 2 amide bonds. The maximum absolute atomic E-state index is 12.6. The zero-order valence-corrected chi connectivity index (χ0v) is 14.3. The normalized spacial score (nSPS) is 10.6. The largest absolute Gasteiger partial charge is 0.467 e. The predicted octanol–water partition coefficient (Wildman–Crippen LogP) is 3.28. The van der Waals surface area contributed by atoms with E-state index in [9.17, 15) is 9.59 Å². The first-order valence-electron chi connectivity index (χ1n) is 7.86. The second kappa shape index (κ2) is 8.34. The molecule has 130 valence electrons. The summed E-state index contributed by atoms with van der Waals surface area (Å²) in [7, 11) is 0. The van der Waals surface area contributed by atoms with E-state index in [1.54, 1.807) is 40.7 Å². The number of nitrogens with zero attached hydrogens (tertiary/aromatic N) is 1. The van der Waals surface area contributed by atoms with Crippen molar-refractivity contribution in [2.24, 2.45) is 0 Å². The van der Waals surface area contributed by atoms with Gasteiger partial charge in [0.1, 0.15) is 5.76 Å². The Morgan fingerprint density at radius 3 is 2.56 bits per heavy atom. The number of hydrogen-bond donors (Lipinski definition) is 1. The van der Waals surface area contributed by atoms with Gasteiger partial charge in [-0.05, 0) is 35.7 Å². The molecule has 3 rings (SSSR count). The molecule has 0 saturated heterocycles. The number of thiophene rings is 1. The van der Waals surface area contributed by atoms with Gasteiger partial charge in [-0.2, -0.15) is 0 Å². The number of rotatable bonds is 8. The summed E-state index contributed by atoms with van der Waals surface area (Å²) < 4.78 is 10.4. The number of carbonyl (C=O) groups is 2. The lowest BCUT2D eigenvalue weighted by atomic mass is 10.3. The number of furan rings is 2. The Hall–Kier alpha value is -2.80. The summed E-state index contributed by atoms with van der Waals surface area (Å²) in [5.74, 6) is 0.584. The standard InChI is InChI=1S/C18H18N2O4S/c21-17(7-8-19-18(22)16-6-2-10-24-16)20(12-14-4-1-9-23-14)13-15-5-3-11-25-15/h1-6,9-11H,7-8,12-13H2,(H,19,22). The van der Waals surface area contributed by atoms with Gasteiger partial charge in [-0.1, -0.05) is 6.07 Å². The molecule has 0 fully saturated rings. The second-order valence-electron chi connectivity index (χ2n) is 5.39. The van der Waals surface area contributed by atoms with E-state index >= 15 is 0 Å². The molecule has 0 saturated carbocycles. The van der Waals surface area contributed by atoms with Crippen LogP contribution < -0.4 is 5.32 Å². The summed E-state index contributed by atoms with van der Waals surface area (Å²) in [6.45, 7) is 1.16. The molecular weight excluding hydrogens is 340 g/mol. The third-order valence-electron chi connectivity index (χ3n) is 3.58. The van der Waals surface area contributed by atoms with Crippen LogP contribution in [-0.4, -0.2) is 23.3 Å². The van der Waals surface area contributed by atoms with E-state index < -0.39 is 0 Å². The van der Waals surface area contributed by atoms with Gasteiger partial charge in [0.15, 0.2) is 5.76 Å². The van der Waals surface area contributed by atoms with Crippen molar-refractivity contribution >= 4 is 23.2 Å².